The molecule has 5 nitrogen and oxygen atoms in total. The van der Waals surface area contributed by atoms with Crippen LogP contribution in [0.3, 0.4) is 0 Å². The van der Waals surface area contributed by atoms with Gasteiger partial charge in [-0.05, 0) is 42.2 Å². The van der Waals surface area contributed by atoms with E-state index in [2.05, 4.69) is 41.9 Å². The van der Waals surface area contributed by atoms with Gasteiger partial charge >= 0.3 is 5.97 Å². The minimum absolute atomic E-state index is 0.299. The predicted molar refractivity (Wildman–Crippen MR) is 122 cm³/mol. The number of benzene rings is 2. The molecule has 0 saturated carbocycles. The largest absolute Gasteiger partial charge is 0.493 e. The molecule has 0 N–H and O–H groups in total. The first-order valence-corrected chi connectivity index (χ1v) is 11.1. The molecular weight excluding hydrogens is 396 g/mol. The number of allylic oxidation sites excluding steroid dienone is 1. The molecule has 0 radical (unpaired) electrons. The van der Waals surface area contributed by atoms with Crippen molar-refractivity contribution in [2.45, 2.75) is 33.7 Å². The van der Waals surface area contributed by atoms with Crippen molar-refractivity contribution in [3.8, 4) is 5.75 Å². The Kier molecular flexibility index (Phi) is 5.86. The van der Waals surface area contributed by atoms with Gasteiger partial charge < -0.3 is 14.4 Å². The molecule has 0 spiro atoms. The Balaban J connectivity index is 1.87. The van der Waals surface area contributed by atoms with Crippen LogP contribution < -0.4 is 4.74 Å². The van der Waals surface area contributed by atoms with Crippen LogP contribution in [0.25, 0.3) is 10.8 Å². The number of hydrogen-bond acceptors (Lipinski definition) is 6. The second kappa shape index (κ2) is 8.56. The van der Waals surface area contributed by atoms with Gasteiger partial charge in [-0.2, -0.15) is 0 Å². The standard InChI is InChI=1S/C24H26N2O3S/c1-5-28-23(27)21-16(4)25-24-26(12-13-30-24)22(21)19-10-11-20(29-14-15(2)3)18-9-7-6-8-17(18)19/h6-13,15,22H,5,14H2,1-4H3/t22-/m0/s1. The second-order valence-electron chi connectivity index (χ2n) is 7.73. The van der Waals surface area contributed by atoms with Crippen molar-refractivity contribution in [2.24, 2.45) is 10.9 Å². The molecule has 2 heterocycles. The van der Waals surface area contributed by atoms with E-state index in [9.17, 15) is 4.79 Å². The zero-order valence-electron chi connectivity index (χ0n) is 17.7. The molecule has 0 fully saturated rings. The van der Waals surface area contributed by atoms with Gasteiger partial charge in [0.2, 0.25) is 0 Å². The fourth-order valence-corrected chi connectivity index (χ4v) is 4.58. The van der Waals surface area contributed by atoms with Gasteiger partial charge in [0.25, 0.3) is 0 Å². The number of fused-ring (bicyclic) bond motifs is 2. The first-order valence-electron chi connectivity index (χ1n) is 10.2. The van der Waals surface area contributed by atoms with Gasteiger partial charge in [0.05, 0.1) is 30.5 Å². The summed E-state index contributed by atoms with van der Waals surface area (Å²) in [5.41, 5.74) is 2.31. The van der Waals surface area contributed by atoms with Crippen LogP contribution in [-0.4, -0.2) is 29.3 Å². The monoisotopic (exact) mass is 422 g/mol. The third-order valence-electron chi connectivity index (χ3n) is 5.10. The van der Waals surface area contributed by atoms with Crippen molar-refractivity contribution in [1.29, 1.82) is 0 Å². The van der Waals surface area contributed by atoms with Crippen LogP contribution in [0.1, 0.15) is 39.3 Å². The summed E-state index contributed by atoms with van der Waals surface area (Å²) in [5.74, 6) is 0.975. The average molecular weight is 423 g/mol. The first kappa shape index (κ1) is 20.5. The van der Waals surface area contributed by atoms with Crippen molar-refractivity contribution < 1.29 is 14.3 Å². The van der Waals surface area contributed by atoms with Crippen molar-refractivity contribution in [1.82, 2.24) is 4.90 Å². The molecule has 1 atom stereocenters. The van der Waals surface area contributed by atoms with Gasteiger partial charge in [0.15, 0.2) is 5.17 Å². The van der Waals surface area contributed by atoms with Crippen LogP contribution in [0.2, 0.25) is 0 Å². The number of thioether (sulfide) groups is 1. The van der Waals surface area contributed by atoms with Crippen LogP contribution in [0.4, 0.5) is 0 Å². The van der Waals surface area contributed by atoms with Crippen molar-refractivity contribution in [3.63, 3.8) is 0 Å². The molecule has 0 saturated heterocycles. The van der Waals surface area contributed by atoms with Gasteiger partial charge in [-0.15, -0.1) is 0 Å². The maximum Gasteiger partial charge on any atom is 0.338 e. The Morgan fingerprint density at radius 3 is 2.70 bits per heavy atom. The number of carbonyl (C=O) groups is 1. The third-order valence-corrected chi connectivity index (χ3v) is 5.87. The number of amidine groups is 1. The van der Waals surface area contributed by atoms with Crippen LogP contribution in [0.5, 0.6) is 5.75 Å². The molecule has 0 bridgehead atoms. The molecule has 0 aromatic heterocycles. The summed E-state index contributed by atoms with van der Waals surface area (Å²) in [6.45, 7) is 8.95. The molecule has 2 aliphatic rings. The lowest BCUT2D eigenvalue weighted by Gasteiger charge is -2.34. The normalized spacial score (nSPS) is 18.1. The number of aliphatic imine (C=N–C) groups is 1. The Labute approximate surface area is 181 Å². The van der Waals surface area contributed by atoms with Crippen LogP contribution >= 0.6 is 11.8 Å². The van der Waals surface area contributed by atoms with Crippen LogP contribution in [0.15, 0.2) is 64.3 Å². The molecule has 2 aliphatic heterocycles. The lowest BCUT2D eigenvalue weighted by molar-refractivity contribution is -0.139. The summed E-state index contributed by atoms with van der Waals surface area (Å²) in [7, 11) is 0. The highest BCUT2D eigenvalue weighted by Crippen LogP contribution is 2.44. The summed E-state index contributed by atoms with van der Waals surface area (Å²) in [6.07, 6.45) is 1.98. The zero-order chi connectivity index (χ0) is 21.3. The Hall–Kier alpha value is -2.73. The number of rotatable bonds is 6. The van der Waals surface area contributed by atoms with Crippen LogP contribution in [0, 0.1) is 5.92 Å². The lowest BCUT2D eigenvalue weighted by atomic mass is 9.90. The molecule has 0 amide bonds. The molecule has 30 heavy (non-hydrogen) atoms. The molecular formula is C24H26N2O3S. The zero-order valence-corrected chi connectivity index (χ0v) is 18.5. The first-order chi connectivity index (χ1) is 14.5. The number of esters is 1. The van der Waals surface area contributed by atoms with E-state index in [1.54, 1.807) is 11.8 Å². The van der Waals surface area contributed by atoms with Gasteiger partial charge in [0.1, 0.15) is 5.75 Å². The third kappa shape index (κ3) is 3.72. The molecule has 0 unspecified atom stereocenters. The maximum absolute atomic E-state index is 12.9. The van der Waals surface area contributed by atoms with Gasteiger partial charge in [-0.3, -0.25) is 0 Å². The van der Waals surface area contributed by atoms with Gasteiger partial charge in [-0.25, -0.2) is 9.79 Å². The van der Waals surface area contributed by atoms with Crippen molar-refractivity contribution in [2.75, 3.05) is 13.2 Å². The molecule has 6 heteroatoms. The second-order valence-corrected chi connectivity index (χ2v) is 8.60. The smallest absolute Gasteiger partial charge is 0.338 e. The van der Waals surface area contributed by atoms with E-state index in [1.807, 2.05) is 43.7 Å². The van der Waals surface area contributed by atoms with E-state index in [4.69, 9.17) is 9.47 Å². The highest BCUT2D eigenvalue weighted by molar-refractivity contribution is 8.16. The molecule has 2 aromatic carbocycles. The van der Waals surface area contributed by atoms with Crippen molar-refractivity contribution in [3.05, 3.63) is 64.8 Å². The van der Waals surface area contributed by atoms with E-state index in [0.717, 1.165) is 27.3 Å². The topological polar surface area (TPSA) is 51.1 Å². The summed E-state index contributed by atoms with van der Waals surface area (Å²) < 4.78 is 11.5. The van der Waals surface area contributed by atoms with E-state index in [-0.39, 0.29) is 12.0 Å². The highest BCUT2D eigenvalue weighted by Gasteiger charge is 2.38. The summed E-state index contributed by atoms with van der Waals surface area (Å²) in [6, 6.07) is 12.0. The lowest BCUT2D eigenvalue weighted by Crippen LogP contribution is -2.34. The predicted octanol–water partition coefficient (Wildman–Crippen LogP) is 5.64. The minimum Gasteiger partial charge on any atom is -0.493 e. The van der Waals surface area contributed by atoms with Crippen molar-refractivity contribution >= 4 is 33.7 Å². The fraction of sp³-hybridized carbons (Fsp3) is 0.333. The van der Waals surface area contributed by atoms with E-state index in [0.29, 0.717) is 30.4 Å². The SMILES string of the molecule is CCOC(=O)C1=C(C)N=C2SC=CN2[C@H]1c1ccc(OCC(C)C)c2ccccc12. The number of carbonyl (C=O) groups excluding carboxylic acids is 1. The van der Waals surface area contributed by atoms with E-state index < -0.39 is 0 Å². The fourth-order valence-electron chi connectivity index (χ4n) is 3.79. The summed E-state index contributed by atoms with van der Waals surface area (Å²) in [4.78, 5) is 19.6. The quantitative estimate of drug-likeness (QED) is 0.564. The van der Waals surface area contributed by atoms with Gasteiger partial charge in [-0.1, -0.05) is 55.9 Å². The van der Waals surface area contributed by atoms with Crippen LogP contribution in [-0.2, 0) is 9.53 Å². The molecule has 2 aromatic rings. The number of ether oxygens (including phenoxy) is 2. The highest BCUT2D eigenvalue weighted by atomic mass is 32.2. The minimum atomic E-state index is -0.322. The molecule has 4 rings (SSSR count). The maximum atomic E-state index is 12.9. The number of hydrogen-bond donors (Lipinski definition) is 0. The van der Waals surface area contributed by atoms with E-state index in [1.165, 1.54) is 0 Å². The Morgan fingerprint density at radius 2 is 1.97 bits per heavy atom. The molecule has 0 aliphatic carbocycles. The summed E-state index contributed by atoms with van der Waals surface area (Å²) in [5, 5.41) is 4.96. The Morgan fingerprint density at radius 1 is 1.20 bits per heavy atom. The van der Waals surface area contributed by atoms with Gasteiger partial charge in [0, 0.05) is 11.6 Å². The molecule has 156 valence electrons. The average Bonchev–Trinajstić information content (AvgIpc) is 3.19. The summed E-state index contributed by atoms with van der Waals surface area (Å²) >= 11 is 1.56. The Bertz CT molecular complexity index is 1070. The van der Waals surface area contributed by atoms with E-state index >= 15 is 0 Å². The number of nitrogens with zero attached hydrogens (tertiary/aromatic N) is 2.